The molecule has 0 aliphatic carbocycles. The van der Waals surface area contributed by atoms with E-state index in [0.717, 1.165) is 48.5 Å². The molecule has 3 unspecified atom stereocenters. The average molecular weight is 642 g/mol. The standard InChI is InChI=1S/C25H48N2S.C8H17N.C8H10/c1-17(2)13-23(20(6)14-19(5)18(3)4)27-22(8)24(16-28-12)26-21(7)15-25(9,10)11;1-6(2)7(3)8(4)9-5;1-2-8-6-4-3-5-7-8/h17,19-20,23-24,26-27H,3,7-8,13-16H2,1-2,4-6,9-12H3;6-7,9H,4H2,1-3,5H3;3-7H,2H2,1H3/t19?,20?,23-,24?;7-;/m00./s1. The number of hydrogen-bond acceptors (Lipinski definition) is 4. The lowest BCUT2D eigenvalue weighted by atomic mass is 9.84. The summed E-state index contributed by atoms with van der Waals surface area (Å²) in [4.78, 5) is 0. The van der Waals surface area contributed by atoms with Gasteiger partial charge in [0.2, 0.25) is 0 Å². The summed E-state index contributed by atoms with van der Waals surface area (Å²) in [5, 5.41) is 10.5. The number of rotatable bonds is 18. The van der Waals surface area contributed by atoms with E-state index in [1.54, 1.807) is 0 Å². The summed E-state index contributed by atoms with van der Waals surface area (Å²) < 4.78 is 0. The molecule has 0 saturated carbocycles. The molecule has 0 fully saturated rings. The van der Waals surface area contributed by atoms with E-state index in [9.17, 15) is 0 Å². The van der Waals surface area contributed by atoms with Gasteiger partial charge in [-0.25, -0.2) is 0 Å². The molecular formula is C41H75N3S. The van der Waals surface area contributed by atoms with Crippen LogP contribution in [0.15, 0.2) is 79.3 Å². The van der Waals surface area contributed by atoms with Crippen LogP contribution >= 0.6 is 11.8 Å². The molecule has 0 heterocycles. The van der Waals surface area contributed by atoms with E-state index in [-0.39, 0.29) is 11.5 Å². The van der Waals surface area contributed by atoms with Crippen LogP contribution in [0.4, 0.5) is 0 Å². The molecule has 45 heavy (non-hydrogen) atoms. The molecule has 3 N–H and O–H groups in total. The van der Waals surface area contributed by atoms with Crippen molar-refractivity contribution in [1.82, 2.24) is 16.0 Å². The predicted molar refractivity (Wildman–Crippen MR) is 210 cm³/mol. The van der Waals surface area contributed by atoms with Gasteiger partial charge in [-0.1, -0.05) is 138 Å². The van der Waals surface area contributed by atoms with Crippen molar-refractivity contribution in [2.45, 2.75) is 121 Å². The SMILES string of the molecule is C=C(CC(C)(C)C)NC(CSC)C(=C)N[C@@H](CC(C)C)C(C)CC(C)C(=C)C.C=C(NC)[C@@H](C)C(C)C.CCc1ccccc1. The largest absolute Gasteiger partial charge is 0.392 e. The van der Waals surface area contributed by atoms with Gasteiger partial charge in [-0.05, 0) is 79.4 Å². The molecule has 0 bridgehead atoms. The molecular weight excluding hydrogens is 567 g/mol. The zero-order valence-corrected chi connectivity index (χ0v) is 33.0. The average Bonchev–Trinajstić information content (AvgIpc) is 2.95. The fourth-order valence-corrected chi connectivity index (χ4v) is 5.50. The van der Waals surface area contributed by atoms with Gasteiger partial charge in [0.05, 0.1) is 6.04 Å². The number of allylic oxidation sites excluding steroid dienone is 3. The Bertz CT molecular complexity index is 957. The van der Waals surface area contributed by atoms with Gasteiger partial charge in [-0.2, -0.15) is 11.8 Å². The van der Waals surface area contributed by atoms with Crippen molar-refractivity contribution >= 4 is 11.8 Å². The monoisotopic (exact) mass is 642 g/mol. The van der Waals surface area contributed by atoms with Crippen molar-refractivity contribution in [3.05, 3.63) is 84.9 Å². The lowest BCUT2D eigenvalue weighted by Crippen LogP contribution is -2.44. The maximum absolute atomic E-state index is 4.42. The van der Waals surface area contributed by atoms with Gasteiger partial charge in [-0.3, -0.25) is 0 Å². The number of benzene rings is 1. The molecule has 5 atom stereocenters. The lowest BCUT2D eigenvalue weighted by molar-refractivity contribution is 0.299. The van der Waals surface area contributed by atoms with Crippen LogP contribution < -0.4 is 16.0 Å². The molecule has 3 nitrogen and oxygen atoms in total. The van der Waals surface area contributed by atoms with Gasteiger partial charge in [0.15, 0.2) is 0 Å². The Hall–Kier alpha value is -2.07. The zero-order valence-electron chi connectivity index (χ0n) is 32.2. The van der Waals surface area contributed by atoms with Crippen LogP contribution in [-0.2, 0) is 6.42 Å². The van der Waals surface area contributed by atoms with Crippen LogP contribution in [0.2, 0.25) is 0 Å². The van der Waals surface area contributed by atoms with Crippen LogP contribution in [0, 0.1) is 35.0 Å². The topological polar surface area (TPSA) is 36.1 Å². The quantitative estimate of drug-likeness (QED) is 0.139. The van der Waals surface area contributed by atoms with Gasteiger partial charge in [0, 0.05) is 35.9 Å². The fraction of sp³-hybridized carbons (Fsp3) is 0.659. The highest BCUT2D eigenvalue weighted by Gasteiger charge is 2.24. The Morgan fingerprint density at radius 1 is 0.844 bits per heavy atom. The van der Waals surface area contributed by atoms with E-state index in [1.165, 1.54) is 11.1 Å². The molecule has 1 aromatic carbocycles. The highest BCUT2D eigenvalue weighted by Crippen LogP contribution is 2.26. The number of thioether (sulfide) groups is 1. The zero-order chi connectivity index (χ0) is 35.3. The first kappa shape index (κ1) is 45.1. The molecule has 0 aliphatic heterocycles. The number of hydrogen-bond donors (Lipinski definition) is 3. The van der Waals surface area contributed by atoms with Gasteiger partial charge in [0.25, 0.3) is 0 Å². The molecule has 1 aromatic rings. The molecule has 4 heteroatoms. The van der Waals surface area contributed by atoms with Crippen LogP contribution in [-0.4, -0.2) is 31.1 Å². The van der Waals surface area contributed by atoms with Gasteiger partial charge in [-0.15, -0.1) is 0 Å². The van der Waals surface area contributed by atoms with E-state index in [1.807, 2.05) is 24.9 Å². The normalized spacial score (nSPS) is 14.4. The van der Waals surface area contributed by atoms with E-state index in [2.05, 4.69) is 156 Å². The summed E-state index contributed by atoms with van der Waals surface area (Å²) >= 11 is 1.85. The highest BCUT2D eigenvalue weighted by atomic mass is 32.2. The summed E-state index contributed by atoms with van der Waals surface area (Å²) in [7, 11) is 1.92. The third-order valence-electron chi connectivity index (χ3n) is 8.35. The Kier molecular flexibility index (Phi) is 24.2. The summed E-state index contributed by atoms with van der Waals surface area (Å²) in [6, 6.07) is 11.1. The molecule has 0 amide bonds. The minimum Gasteiger partial charge on any atom is -0.392 e. The first-order valence-electron chi connectivity index (χ1n) is 17.2. The van der Waals surface area contributed by atoms with E-state index >= 15 is 0 Å². The summed E-state index contributed by atoms with van der Waals surface area (Å²) in [5.41, 5.74) is 6.23. The lowest BCUT2D eigenvalue weighted by Gasteiger charge is -2.34. The second kappa shape index (κ2) is 24.2. The van der Waals surface area contributed by atoms with Crippen molar-refractivity contribution in [2.75, 3.05) is 19.1 Å². The third kappa shape index (κ3) is 23.0. The van der Waals surface area contributed by atoms with E-state index in [0.29, 0.717) is 35.6 Å². The van der Waals surface area contributed by atoms with Crippen LogP contribution in [0.5, 0.6) is 0 Å². The van der Waals surface area contributed by atoms with Crippen LogP contribution in [0.25, 0.3) is 0 Å². The number of aryl methyl sites for hydroxylation is 1. The van der Waals surface area contributed by atoms with E-state index < -0.39 is 0 Å². The van der Waals surface area contributed by atoms with Crippen molar-refractivity contribution in [1.29, 1.82) is 0 Å². The molecule has 260 valence electrons. The van der Waals surface area contributed by atoms with E-state index in [4.69, 9.17) is 0 Å². The summed E-state index contributed by atoms with van der Waals surface area (Å²) in [6.45, 7) is 43.6. The molecule has 1 rings (SSSR count). The molecule has 0 aromatic heterocycles. The first-order chi connectivity index (χ1) is 20.8. The minimum absolute atomic E-state index is 0.199. The predicted octanol–water partition coefficient (Wildman–Crippen LogP) is 11.3. The molecule has 0 saturated heterocycles. The smallest absolute Gasteiger partial charge is 0.0740 e. The molecule has 0 aliphatic rings. The van der Waals surface area contributed by atoms with Gasteiger partial charge in [0.1, 0.15) is 0 Å². The number of nitrogens with one attached hydrogen (secondary N) is 3. The van der Waals surface area contributed by atoms with Crippen molar-refractivity contribution < 1.29 is 0 Å². The Morgan fingerprint density at radius 3 is 1.76 bits per heavy atom. The molecule has 0 radical (unpaired) electrons. The summed E-state index contributed by atoms with van der Waals surface area (Å²) in [5.74, 6) is 4.01. The Morgan fingerprint density at radius 2 is 1.40 bits per heavy atom. The first-order valence-corrected chi connectivity index (χ1v) is 18.6. The van der Waals surface area contributed by atoms with Gasteiger partial charge < -0.3 is 16.0 Å². The maximum atomic E-state index is 4.42. The Balaban J connectivity index is 0. The maximum Gasteiger partial charge on any atom is 0.0740 e. The Labute approximate surface area is 286 Å². The highest BCUT2D eigenvalue weighted by molar-refractivity contribution is 7.98. The van der Waals surface area contributed by atoms with Gasteiger partial charge >= 0.3 is 0 Å². The van der Waals surface area contributed by atoms with Crippen molar-refractivity contribution in [3.63, 3.8) is 0 Å². The van der Waals surface area contributed by atoms with Crippen molar-refractivity contribution in [2.24, 2.45) is 35.0 Å². The minimum atomic E-state index is 0.199. The third-order valence-corrected chi connectivity index (χ3v) is 9.01. The van der Waals surface area contributed by atoms with Crippen LogP contribution in [0.1, 0.15) is 108 Å². The van der Waals surface area contributed by atoms with Crippen molar-refractivity contribution in [3.8, 4) is 0 Å². The summed E-state index contributed by atoms with van der Waals surface area (Å²) in [6.07, 6.45) is 6.56. The second-order valence-electron chi connectivity index (χ2n) is 15.0. The van der Waals surface area contributed by atoms with Crippen LogP contribution in [0.3, 0.4) is 0 Å². The molecule has 0 spiro atoms. The second-order valence-corrected chi connectivity index (χ2v) is 15.9. The fourth-order valence-electron chi connectivity index (χ4n) is 4.88.